The first-order valence-corrected chi connectivity index (χ1v) is 43.7. The van der Waals surface area contributed by atoms with Crippen LogP contribution in [-0.4, -0.2) is 151 Å². The van der Waals surface area contributed by atoms with E-state index in [1.165, 1.54) is 47.8 Å². The summed E-state index contributed by atoms with van der Waals surface area (Å²) in [6.07, 6.45) is 10.4. The predicted octanol–water partition coefficient (Wildman–Crippen LogP) is 17.0. The van der Waals surface area contributed by atoms with Crippen molar-refractivity contribution in [3.05, 3.63) is 306 Å². The lowest BCUT2D eigenvalue weighted by molar-refractivity contribution is -0.137. The van der Waals surface area contributed by atoms with Gasteiger partial charge < -0.3 is 9.84 Å². The van der Waals surface area contributed by atoms with Crippen LogP contribution in [0.4, 0.5) is 14.6 Å². The number of halogens is 2. The molecule has 1 amide bonds. The van der Waals surface area contributed by atoms with Crippen molar-refractivity contribution in [3.8, 4) is 29.5 Å². The van der Waals surface area contributed by atoms with Gasteiger partial charge in [0.25, 0.3) is 23.8 Å². The van der Waals surface area contributed by atoms with Crippen LogP contribution in [0.25, 0.3) is 84.6 Å². The Morgan fingerprint density at radius 2 is 0.806 bits per heavy atom. The molecule has 0 radical (unpaired) electrons. The number of pyridine rings is 6. The Hall–Kier alpha value is -14.0. The molecule has 0 fully saturated rings. The monoisotopic (exact) mass is 1760 g/mol. The summed E-state index contributed by atoms with van der Waals surface area (Å²) < 4.78 is 44.2. The number of hydrogen-bond acceptors (Lipinski definition) is 29. The number of aryl methyl sites for hydroxylation is 3. The van der Waals surface area contributed by atoms with E-state index in [0.29, 0.717) is 47.7 Å². The molecule has 20 aromatic rings. The number of tetrazole rings is 2. The smallest absolute Gasteiger partial charge is 0.322 e. The molecule has 618 valence electrons. The van der Waals surface area contributed by atoms with Crippen LogP contribution in [0.5, 0.6) is 0 Å². The van der Waals surface area contributed by atoms with Crippen LogP contribution in [0.3, 0.4) is 0 Å². The molecular formula is C85H70F2N28O3S6. The molecule has 15 aromatic heterocycles. The Labute approximate surface area is 730 Å². The second-order valence-electron chi connectivity index (χ2n) is 26.8. The minimum absolute atomic E-state index is 0.0470. The fourth-order valence-electron chi connectivity index (χ4n) is 12.3. The zero-order valence-electron chi connectivity index (χ0n) is 66.4. The molecule has 39 heteroatoms. The number of aromatic nitrogens is 27. The number of fused-ring (bicyclic) bond motifs is 5. The number of alkyl halides is 2. The summed E-state index contributed by atoms with van der Waals surface area (Å²) in [6.45, 7) is 4.07. The van der Waals surface area contributed by atoms with Crippen molar-refractivity contribution >= 4 is 143 Å². The van der Waals surface area contributed by atoms with Crippen molar-refractivity contribution in [2.24, 2.45) is 14.1 Å². The van der Waals surface area contributed by atoms with Crippen molar-refractivity contribution in [2.45, 2.75) is 81.2 Å². The van der Waals surface area contributed by atoms with E-state index in [9.17, 15) is 18.4 Å². The highest BCUT2D eigenvalue weighted by Gasteiger charge is 2.33. The van der Waals surface area contributed by atoms with Gasteiger partial charge in [0, 0.05) is 92.6 Å². The maximum absolute atomic E-state index is 13.1. The summed E-state index contributed by atoms with van der Waals surface area (Å²) in [7, 11) is 3.61. The number of ketones is 1. The van der Waals surface area contributed by atoms with Crippen LogP contribution in [0.2, 0.25) is 0 Å². The SMILES string of the molecule is CC(=O)c1cccc(CSc2nc3ccccc3n2-c2nnnn2C)n1.CC(F)(F)C(=O)Nc1cccc(CSc2nc3ccccc3n2-c2ccccn2)n1.Cc1ncc(CSc2nc3ccccc3n2-c2nnnn2C)s1.c1ccc(CSc2nc3ccccc3n2-c2ccccn2)nc1.c1ccc(CSc2nc3ccccc3n2-c2ncon2)nc1. The highest BCUT2D eigenvalue weighted by atomic mass is 32.2. The molecule has 0 saturated heterocycles. The largest absolute Gasteiger partial charge is 0.341 e. The molecule has 0 aliphatic carbocycles. The standard InChI is InChI=1S/C21H17F2N5OS.C18H14N4S.C17H15N7OS.C15H11N5OS.C14H13N7S2/c1-21(22,23)19(29)27-17-10-6-7-14(25-17)13-30-20-26-15-8-2-3-9-16(15)28(20)18-11-4-5-12-24-18;1-2-9-16-15(8-1)21-18(22(16)17-10-4-6-12-20-17)23-13-14-7-3-5-11-19-14;1-11(25)13-8-5-6-12(18-13)10-26-17-19-14-7-3-4-9-15(14)24(17)16-20-21-22-23(16)2;1-2-7-13-12(6-1)18-15(20(13)14-17-10-21-19-14)22-9-11-5-3-4-8-16-11;1-9-15-7-10(23-9)8-22-14-16-11-5-3-4-6-12(11)21(14)13-17-18-19-20(13)2/h2-12H,13H2,1H3,(H,25,27,29);1-12H,13H2;3-9H,10H2,1-2H3;1-8,10H,9H2;3-7H,8H2,1-2H3. The van der Waals surface area contributed by atoms with Crippen molar-refractivity contribution in [2.75, 3.05) is 5.32 Å². The van der Waals surface area contributed by atoms with Gasteiger partial charge in [-0.3, -0.25) is 42.4 Å². The van der Waals surface area contributed by atoms with Gasteiger partial charge in [-0.1, -0.05) is 166 Å². The first-order valence-electron chi connectivity index (χ1n) is 38.0. The Balaban J connectivity index is 0.000000115. The number of rotatable bonds is 23. The third-order valence-electron chi connectivity index (χ3n) is 18.0. The number of nitrogens with zero attached hydrogens (tertiary/aromatic N) is 27. The number of para-hydroxylation sites is 10. The zero-order chi connectivity index (χ0) is 85.3. The third kappa shape index (κ3) is 20.1. The van der Waals surface area contributed by atoms with E-state index in [-0.39, 0.29) is 11.6 Å². The number of Topliss-reactive ketones (excluding diaryl/α,β-unsaturated/α-hetero) is 1. The van der Waals surface area contributed by atoms with E-state index in [4.69, 9.17) is 24.5 Å². The minimum atomic E-state index is -3.47. The number of hydrogen-bond donors (Lipinski definition) is 1. The predicted molar refractivity (Wildman–Crippen MR) is 474 cm³/mol. The van der Waals surface area contributed by atoms with Crippen molar-refractivity contribution < 1.29 is 22.9 Å². The molecule has 1 N–H and O–H groups in total. The van der Waals surface area contributed by atoms with Crippen molar-refractivity contribution in [1.82, 2.24) is 133 Å². The topological polar surface area (TPSA) is 352 Å². The molecule has 31 nitrogen and oxygen atoms in total. The normalized spacial score (nSPS) is 11.2. The fourth-order valence-corrected chi connectivity index (χ4v) is 17.8. The number of anilines is 1. The summed E-state index contributed by atoms with van der Waals surface area (Å²) in [5.41, 5.74) is 13.3. The minimum Gasteiger partial charge on any atom is -0.341 e. The maximum Gasteiger partial charge on any atom is 0.322 e. The summed E-state index contributed by atoms with van der Waals surface area (Å²) in [4.78, 5) is 82.5. The van der Waals surface area contributed by atoms with E-state index < -0.39 is 11.8 Å². The summed E-state index contributed by atoms with van der Waals surface area (Å²) in [5, 5.41) is 34.8. The van der Waals surface area contributed by atoms with Gasteiger partial charge in [-0.2, -0.15) is 13.8 Å². The molecule has 0 atom stereocenters. The first kappa shape index (κ1) is 83.7. The summed E-state index contributed by atoms with van der Waals surface area (Å²) in [6, 6.07) is 73.4. The Morgan fingerprint density at radius 3 is 1.20 bits per heavy atom. The summed E-state index contributed by atoms with van der Waals surface area (Å²) in [5.74, 6) is 1.85. The van der Waals surface area contributed by atoms with Crippen molar-refractivity contribution in [3.63, 3.8) is 0 Å². The van der Waals surface area contributed by atoms with Gasteiger partial charge in [-0.05, 0) is 166 Å². The number of imidazole rings is 5. The Morgan fingerprint density at radius 1 is 0.419 bits per heavy atom. The highest BCUT2D eigenvalue weighted by molar-refractivity contribution is 7.99. The molecule has 0 spiro atoms. The van der Waals surface area contributed by atoms with E-state index in [1.54, 1.807) is 99.8 Å². The van der Waals surface area contributed by atoms with Gasteiger partial charge in [-0.25, -0.2) is 59.2 Å². The van der Waals surface area contributed by atoms with E-state index in [0.717, 1.165) is 132 Å². The van der Waals surface area contributed by atoms with E-state index in [1.807, 2.05) is 245 Å². The summed E-state index contributed by atoms with van der Waals surface area (Å²) >= 11 is 9.59. The van der Waals surface area contributed by atoms with Crippen LogP contribution >= 0.6 is 70.1 Å². The number of benzene rings is 5. The fraction of sp³-hybridized carbons (Fsp3) is 0.129. The van der Waals surface area contributed by atoms with Gasteiger partial charge in [0.2, 0.25) is 6.39 Å². The first-order chi connectivity index (χ1) is 60.6. The number of carbonyl (C=O) groups is 2. The Bertz CT molecular complexity index is 7010. The number of thiazole rings is 1. The van der Waals surface area contributed by atoms with Crippen LogP contribution < -0.4 is 5.32 Å². The second kappa shape index (κ2) is 39.2. The highest BCUT2D eigenvalue weighted by Crippen LogP contribution is 2.36. The maximum atomic E-state index is 13.1. The van der Waals surface area contributed by atoms with Gasteiger partial charge in [-0.15, -0.1) is 11.3 Å². The lowest BCUT2D eigenvalue weighted by atomic mass is 10.2. The number of thioether (sulfide) groups is 5. The molecule has 0 aliphatic heterocycles. The molecule has 5 aromatic carbocycles. The number of carbonyl (C=O) groups excluding carboxylic acids is 2. The average Bonchev–Trinajstić information content (AvgIpc) is 1.65. The molecule has 124 heavy (non-hydrogen) atoms. The van der Waals surface area contributed by atoms with E-state index in [2.05, 4.69) is 97.0 Å². The van der Waals surface area contributed by atoms with Gasteiger partial charge in [0.05, 0.1) is 83.0 Å². The molecule has 0 unspecified atom stereocenters. The lowest BCUT2D eigenvalue weighted by Crippen LogP contribution is -2.31. The Kier molecular flexibility index (Phi) is 26.5. The van der Waals surface area contributed by atoms with Crippen LogP contribution in [0, 0.1) is 6.92 Å². The van der Waals surface area contributed by atoms with Gasteiger partial charge in [0.15, 0.2) is 31.6 Å². The van der Waals surface area contributed by atoms with E-state index >= 15 is 0 Å². The van der Waals surface area contributed by atoms with Crippen LogP contribution in [0.1, 0.15) is 57.0 Å². The molecule has 15 heterocycles. The zero-order valence-corrected chi connectivity index (χ0v) is 71.3. The quantitative estimate of drug-likeness (QED) is 0.0459. The average molecular weight is 1760 g/mol. The molecular weight excluding hydrogens is 1690 g/mol. The number of nitrogens with one attached hydrogen (secondary N) is 1. The molecule has 0 aliphatic rings. The molecule has 0 saturated carbocycles. The molecule has 0 bridgehead atoms. The van der Waals surface area contributed by atoms with Gasteiger partial charge in [0.1, 0.15) is 23.1 Å². The lowest BCUT2D eigenvalue weighted by Gasteiger charge is -2.11. The van der Waals surface area contributed by atoms with Crippen LogP contribution in [-0.2, 0) is 47.7 Å². The van der Waals surface area contributed by atoms with Crippen LogP contribution in [0.15, 0.2) is 298 Å². The molecule has 20 rings (SSSR count). The number of amides is 1. The van der Waals surface area contributed by atoms with Gasteiger partial charge >= 0.3 is 5.92 Å². The second-order valence-corrected chi connectivity index (χ2v) is 32.8. The third-order valence-corrected chi connectivity index (χ3v) is 24.0. The van der Waals surface area contributed by atoms with Crippen molar-refractivity contribution in [1.29, 1.82) is 0 Å².